The third kappa shape index (κ3) is 5.02. The summed E-state index contributed by atoms with van der Waals surface area (Å²) >= 11 is 0. The number of ether oxygens (including phenoxy) is 1. The van der Waals surface area contributed by atoms with E-state index in [0.29, 0.717) is 17.0 Å². The fourth-order valence-electron chi connectivity index (χ4n) is 2.79. The first kappa shape index (κ1) is 19.3. The van der Waals surface area contributed by atoms with Gasteiger partial charge in [0.2, 0.25) is 0 Å². The first-order valence-corrected chi connectivity index (χ1v) is 8.94. The molecule has 0 saturated heterocycles. The molecule has 0 atom stereocenters. The van der Waals surface area contributed by atoms with Crippen molar-refractivity contribution in [3.63, 3.8) is 0 Å². The molecule has 8 heteroatoms. The van der Waals surface area contributed by atoms with Gasteiger partial charge in [0.05, 0.1) is 12.6 Å². The summed E-state index contributed by atoms with van der Waals surface area (Å²) < 4.78 is 45.6. The first-order valence-electron chi connectivity index (χ1n) is 8.94. The quantitative estimate of drug-likeness (QED) is 0.789. The van der Waals surface area contributed by atoms with Crippen LogP contribution in [-0.2, 0) is 12.7 Å². The minimum Gasteiger partial charge on any atom is -0.491 e. The fraction of sp³-hybridized carbons (Fsp3) is 0.474. The van der Waals surface area contributed by atoms with Crippen LogP contribution in [0, 0.1) is 0 Å². The Bertz CT molecular complexity index is 794. The highest BCUT2D eigenvalue weighted by Crippen LogP contribution is 2.42. The summed E-state index contributed by atoms with van der Waals surface area (Å²) in [5.41, 5.74) is 0.174. The number of carbonyl (C=O) groups excluding carboxylic acids is 1. The standard InChI is InChI=1S/C19H22F3N3O2/c1-12(2)27-15-7-5-14(6-8-15)18(26)23-9-10-25-16(13-3-4-13)11-17(24-25)19(20,21)22/h5-8,11-13H,3-4,9-10H2,1-2H3,(H,23,26). The van der Waals surface area contributed by atoms with Gasteiger partial charge >= 0.3 is 6.18 Å². The van der Waals surface area contributed by atoms with Crippen molar-refractivity contribution in [1.29, 1.82) is 0 Å². The molecule has 1 aromatic heterocycles. The van der Waals surface area contributed by atoms with Crippen LogP contribution >= 0.6 is 0 Å². The molecule has 146 valence electrons. The Morgan fingerprint density at radius 2 is 1.96 bits per heavy atom. The predicted octanol–water partition coefficient (Wildman–Crippen LogP) is 4.00. The van der Waals surface area contributed by atoms with Crippen LogP contribution in [0.25, 0.3) is 0 Å². The molecule has 1 heterocycles. The smallest absolute Gasteiger partial charge is 0.435 e. The maximum Gasteiger partial charge on any atom is 0.435 e. The molecule has 1 aliphatic rings. The van der Waals surface area contributed by atoms with E-state index in [-0.39, 0.29) is 31.0 Å². The third-order valence-corrected chi connectivity index (χ3v) is 4.19. The van der Waals surface area contributed by atoms with E-state index in [0.717, 1.165) is 18.9 Å². The maximum absolute atomic E-state index is 12.9. The molecule has 3 rings (SSSR count). The van der Waals surface area contributed by atoms with Crippen LogP contribution in [0.4, 0.5) is 13.2 Å². The number of benzene rings is 1. The van der Waals surface area contributed by atoms with Gasteiger partial charge < -0.3 is 10.1 Å². The number of hydrogen-bond acceptors (Lipinski definition) is 3. The van der Waals surface area contributed by atoms with Gasteiger partial charge in [-0.25, -0.2) is 0 Å². The van der Waals surface area contributed by atoms with Crippen molar-refractivity contribution < 1.29 is 22.7 Å². The van der Waals surface area contributed by atoms with Crippen molar-refractivity contribution >= 4 is 5.91 Å². The number of aromatic nitrogens is 2. The summed E-state index contributed by atoms with van der Waals surface area (Å²) in [6.07, 6.45) is -2.67. The zero-order valence-corrected chi connectivity index (χ0v) is 15.2. The van der Waals surface area contributed by atoms with Crippen LogP contribution in [0.5, 0.6) is 5.75 Å². The average Bonchev–Trinajstić information content (AvgIpc) is 3.33. The Morgan fingerprint density at radius 1 is 1.30 bits per heavy atom. The molecule has 0 radical (unpaired) electrons. The molecule has 5 nitrogen and oxygen atoms in total. The molecule has 1 N–H and O–H groups in total. The van der Waals surface area contributed by atoms with Crippen LogP contribution in [0.1, 0.15) is 54.4 Å². The minimum atomic E-state index is -4.46. The Kier molecular flexibility index (Phi) is 5.43. The SMILES string of the molecule is CC(C)Oc1ccc(C(=O)NCCn2nc(C(F)(F)F)cc2C2CC2)cc1. The predicted molar refractivity (Wildman–Crippen MR) is 93.7 cm³/mol. The summed E-state index contributed by atoms with van der Waals surface area (Å²) in [5, 5.41) is 6.40. The van der Waals surface area contributed by atoms with E-state index >= 15 is 0 Å². The molecule has 2 aromatic rings. The van der Waals surface area contributed by atoms with Gasteiger partial charge in [-0.3, -0.25) is 9.48 Å². The van der Waals surface area contributed by atoms with Gasteiger partial charge in [-0.15, -0.1) is 0 Å². The zero-order valence-electron chi connectivity index (χ0n) is 15.2. The largest absolute Gasteiger partial charge is 0.491 e. The van der Waals surface area contributed by atoms with Crippen molar-refractivity contribution in [2.45, 2.75) is 51.4 Å². The number of carbonyl (C=O) groups is 1. The van der Waals surface area contributed by atoms with Gasteiger partial charge in [-0.2, -0.15) is 18.3 Å². The lowest BCUT2D eigenvalue weighted by molar-refractivity contribution is -0.141. The van der Waals surface area contributed by atoms with Crippen molar-refractivity contribution in [2.24, 2.45) is 0 Å². The van der Waals surface area contributed by atoms with Crippen molar-refractivity contribution in [3.05, 3.63) is 47.3 Å². The highest BCUT2D eigenvalue weighted by Gasteiger charge is 2.37. The van der Waals surface area contributed by atoms with Crippen molar-refractivity contribution in [1.82, 2.24) is 15.1 Å². The number of rotatable bonds is 7. The van der Waals surface area contributed by atoms with Crippen LogP contribution in [0.15, 0.2) is 30.3 Å². The normalized spacial score (nSPS) is 14.4. The van der Waals surface area contributed by atoms with Gasteiger partial charge in [0.25, 0.3) is 5.91 Å². The Labute approximate surface area is 155 Å². The van der Waals surface area contributed by atoms with E-state index in [2.05, 4.69) is 10.4 Å². The number of nitrogens with zero attached hydrogens (tertiary/aromatic N) is 2. The van der Waals surface area contributed by atoms with Crippen molar-refractivity contribution in [3.8, 4) is 5.75 Å². The molecule has 0 unspecified atom stereocenters. The number of hydrogen-bond donors (Lipinski definition) is 1. The zero-order chi connectivity index (χ0) is 19.6. The summed E-state index contributed by atoms with van der Waals surface area (Å²) in [5.74, 6) is 0.520. The molecule has 27 heavy (non-hydrogen) atoms. The molecule has 1 saturated carbocycles. The summed E-state index contributed by atoms with van der Waals surface area (Å²) in [6, 6.07) is 7.84. The maximum atomic E-state index is 12.9. The monoisotopic (exact) mass is 381 g/mol. The summed E-state index contributed by atoms with van der Waals surface area (Å²) in [7, 11) is 0. The molecule has 1 fully saturated rings. The van der Waals surface area contributed by atoms with Gasteiger partial charge in [-0.05, 0) is 57.0 Å². The van der Waals surface area contributed by atoms with E-state index in [1.807, 2.05) is 13.8 Å². The summed E-state index contributed by atoms with van der Waals surface area (Å²) in [6.45, 7) is 4.22. The van der Waals surface area contributed by atoms with Crippen LogP contribution in [0.2, 0.25) is 0 Å². The second-order valence-electron chi connectivity index (χ2n) is 6.90. The van der Waals surface area contributed by atoms with Crippen LogP contribution in [-0.4, -0.2) is 28.3 Å². The minimum absolute atomic E-state index is 0.0426. The molecular weight excluding hydrogens is 359 g/mol. The average molecular weight is 381 g/mol. The Morgan fingerprint density at radius 3 is 2.52 bits per heavy atom. The molecule has 1 amide bonds. The molecular formula is C19H22F3N3O2. The van der Waals surface area contributed by atoms with Gasteiger partial charge in [0, 0.05) is 23.7 Å². The van der Waals surface area contributed by atoms with Gasteiger partial charge in [-0.1, -0.05) is 0 Å². The van der Waals surface area contributed by atoms with Gasteiger partial charge in [0.1, 0.15) is 5.75 Å². The van der Waals surface area contributed by atoms with Crippen LogP contribution in [0.3, 0.4) is 0 Å². The third-order valence-electron chi connectivity index (χ3n) is 4.19. The van der Waals surface area contributed by atoms with E-state index < -0.39 is 11.9 Å². The lowest BCUT2D eigenvalue weighted by Crippen LogP contribution is -2.28. The lowest BCUT2D eigenvalue weighted by Gasteiger charge is -2.11. The number of alkyl halides is 3. The molecule has 0 bridgehead atoms. The van der Waals surface area contributed by atoms with E-state index in [1.54, 1.807) is 24.3 Å². The highest BCUT2D eigenvalue weighted by atomic mass is 19.4. The summed E-state index contributed by atoms with van der Waals surface area (Å²) in [4.78, 5) is 12.2. The lowest BCUT2D eigenvalue weighted by atomic mass is 10.2. The second kappa shape index (κ2) is 7.62. The number of amides is 1. The molecule has 1 aromatic carbocycles. The van der Waals surface area contributed by atoms with E-state index in [4.69, 9.17) is 4.74 Å². The van der Waals surface area contributed by atoms with Crippen molar-refractivity contribution in [2.75, 3.05) is 6.54 Å². The molecule has 0 spiro atoms. The molecule has 0 aliphatic heterocycles. The number of halogens is 3. The van der Waals surface area contributed by atoms with Gasteiger partial charge in [0.15, 0.2) is 5.69 Å². The topological polar surface area (TPSA) is 56.1 Å². The fourth-order valence-corrected chi connectivity index (χ4v) is 2.79. The van der Waals surface area contributed by atoms with E-state index in [9.17, 15) is 18.0 Å². The van der Waals surface area contributed by atoms with Crippen LogP contribution < -0.4 is 10.1 Å². The first-order chi connectivity index (χ1) is 12.7. The second-order valence-corrected chi connectivity index (χ2v) is 6.90. The van der Waals surface area contributed by atoms with E-state index in [1.165, 1.54) is 4.68 Å². The highest BCUT2D eigenvalue weighted by molar-refractivity contribution is 5.94. The Hall–Kier alpha value is -2.51. The Balaban J connectivity index is 1.58. The molecule has 1 aliphatic carbocycles. The number of nitrogens with one attached hydrogen (secondary N) is 1.